The highest BCUT2D eigenvalue weighted by molar-refractivity contribution is 6.11. The first-order chi connectivity index (χ1) is 17.3. The van der Waals surface area contributed by atoms with Crippen LogP contribution >= 0.6 is 0 Å². The molecule has 0 aliphatic carbocycles. The van der Waals surface area contributed by atoms with E-state index in [9.17, 15) is 14.4 Å². The smallest absolute Gasteiger partial charge is 0.325 e. The van der Waals surface area contributed by atoms with Crippen molar-refractivity contribution in [3.05, 3.63) is 82.7 Å². The summed E-state index contributed by atoms with van der Waals surface area (Å²) in [5.41, 5.74) is 2.80. The maximum absolute atomic E-state index is 13.4. The number of carbonyl (C=O) groups is 3. The number of ether oxygens (including phenoxy) is 2. The minimum absolute atomic E-state index is 0.274. The molecule has 0 bridgehead atoms. The summed E-state index contributed by atoms with van der Waals surface area (Å²) in [5.74, 6) is 0.374. The number of hydrogen-bond donors (Lipinski definition) is 1. The van der Waals surface area contributed by atoms with Crippen LogP contribution in [-0.2, 0) is 23.3 Å². The quantitative estimate of drug-likeness (QED) is 0.405. The van der Waals surface area contributed by atoms with Crippen molar-refractivity contribution in [3.8, 4) is 11.5 Å². The molecule has 1 fully saturated rings. The first kappa shape index (κ1) is 23.7. The number of aryl methyl sites for hydroxylation is 2. The lowest BCUT2D eigenvalue weighted by atomic mass is 9.91. The number of aromatic nitrogens is 1. The van der Waals surface area contributed by atoms with Crippen molar-refractivity contribution < 1.29 is 23.9 Å². The molecule has 0 unspecified atom stereocenters. The van der Waals surface area contributed by atoms with Gasteiger partial charge in [0.2, 0.25) is 0 Å². The molecule has 2 aliphatic rings. The molecule has 1 atom stereocenters. The van der Waals surface area contributed by atoms with E-state index in [4.69, 9.17) is 9.47 Å². The van der Waals surface area contributed by atoms with E-state index in [1.54, 1.807) is 25.1 Å². The summed E-state index contributed by atoms with van der Waals surface area (Å²) >= 11 is 0. The second kappa shape index (κ2) is 9.18. The van der Waals surface area contributed by atoms with Crippen LogP contribution in [0.3, 0.4) is 0 Å². The highest BCUT2D eigenvalue weighted by Gasteiger charge is 2.50. The molecule has 0 spiro atoms. The number of ketones is 1. The molecule has 1 aromatic heterocycles. The van der Waals surface area contributed by atoms with E-state index in [0.29, 0.717) is 35.8 Å². The number of Topliss-reactive ketones (excluding diaryl/α,β-unsaturated/α-hetero) is 1. The summed E-state index contributed by atoms with van der Waals surface area (Å²) in [5, 5.41) is 2.76. The molecule has 1 saturated heterocycles. The Morgan fingerprint density at radius 3 is 2.47 bits per heavy atom. The average Bonchev–Trinajstić information content (AvgIpc) is 3.29. The number of nitrogens with one attached hydrogen (secondary N) is 1. The van der Waals surface area contributed by atoms with Crippen molar-refractivity contribution in [3.63, 3.8) is 0 Å². The Bertz CT molecular complexity index is 1350. The fourth-order valence-electron chi connectivity index (χ4n) is 4.93. The van der Waals surface area contributed by atoms with Crippen LogP contribution in [-0.4, -0.2) is 46.9 Å². The molecule has 1 N–H and O–H groups in total. The molecule has 3 aromatic rings. The molecule has 2 aliphatic heterocycles. The Labute approximate surface area is 209 Å². The fourth-order valence-corrected chi connectivity index (χ4v) is 4.93. The van der Waals surface area contributed by atoms with Crippen LogP contribution in [0.25, 0.3) is 0 Å². The van der Waals surface area contributed by atoms with Crippen molar-refractivity contribution in [2.45, 2.75) is 39.3 Å². The van der Waals surface area contributed by atoms with Gasteiger partial charge in [0.1, 0.15) is 18.8 Å². The predicted molar refractivity (Wildman–Crippen MR) is 133 cm³/mol. The van der Waals surface area contributed by atoms with Gasteiger partial charge in [0.05, 0.1) is 6.54 Å². The summed E-state index contributed by atoms with van der Waals surface area (Å²) in [6, 6.07) is 16.6. The van der Waals surface area contributed by atoms with Gasteiger partial charge in [0.15, 0.2) is 17.3 Å². The van der Waals surface area contributed by atoms with E-state index in [0.717, 1.165) is 29.3 Å². The molecule has 0 saturated carbocycles. The lowest BCUT2D eigenvalue weighted by molar-refractivity contribution is -0.130. The molecular formula is C28H29N3O5. The molecular weight excluding hydrogens is 458 g/mol. The summed E-state index contributed by atoms with van der Waals surface area (Å²) in [6.45, 7) is 6.78. The SMILES string of the molecule is Cc1cc(C(=O)CN2C(=O)N[C@](C)(c3ccc4c(c3)OCCO4)C2=O)c(C)n1CCc1ccccc1. The zero-order valence-electron chi connectivity index (χ0n) is 20.7. The van der Waals surface area contributed by atoms with E-state index >= 15 is 0 Å². The molecule has 0 radical (unpaired) electrons. The van der Waals surface area contributed by atoms with Crippen LogP contribution in [0.4, 0.5) is 4.79 Å². The summed E-state index contributed by atoms with van der Waals surface area (Å²) < 4.78 is 13.3. The summed E-state index contributed by atoms with van der Waals surface area (Å²) in [4.78, 5) is 40.5. The molecule has 8 nitrogen and oxygen atoms in total. The predicted octanol–water partition coefficient (Wildman–Crippen LogP) is 3.77. The lowest BCUT2D eigenvalue weighted by Crippen LogP contribution is -2.41. The van der Waals surface area contributed by atoms with Gasteiger partial charge in [-0.25, -0.2) is 4.79 Å². The number of carbonyl (C=O) groups excluding carboxylic acids is 3. The second-order valence-corrected chi connectivity index (χ2v) is 9.40. The monoisotopic (exact) mass is 487 g/mol. The van der Waals surface area contributed by atoms with Crippen molar-refractivity contribution >= 4 is 17.7 Å². The van der Waals surface area contributed by atoms with E-state index in [1.165, 1.54) is 5.56 Å². The number of amides is 3. The van der Waals surface area contributed by atoms with Crippen molar-refractivity contribution in [2.24, 2.45) is 0 Å². The Morgan fingerprint density at radius 1 is 1.00 bits per heavy atom. The molecule has 2 aromatic carbocycles. The molecule has 5 rings (SSSR count). The number of fused-ring (bicyclic) bond motifs is 1. The third kappa shape index (κ3) is 4.12. The number of benzene rings is 2. The van der Waals surface area contributed by atoms with Gasteiger partial charge in [-0.05, 0) is 56.5 Å². The van der Waals surface area contributed by atoms with Crippen LogP contribution in [0.15, 0.2) is 54.6 Å². The third-order valence-electron chi connectivity index (χ3n) is 7.04. The first-order valence-corrected chi connectivity index (χ1v) is 12.1. The largest absolute Gasteiger partial charge is 0.486 e. The number of nitrogens with zero attached hydrogens (tertiary/aromatic N) is 2. The Hall–Kier alpha value is -4.07. The van der Waals surface area contributed by atoms with Crippen LogP contribution in [0.1, 0.15) is 39.8 Å². The first-order valence-electron chi connectivity index (χ1n) is 12.1. The zero-order chi connectivity index (χ0) is 25.4. The topological polar surface area (TPSA) is 89.9 Å². The Morgan fingerprint density at radius 2 is 1.72 bits per heavy atom. The standard InChI is InChI=1S/C28H29N3O5/c1-18-15-22(19(2)30(18)12-11-20-7-5-4-6-8-20)23(32)17-31-26(33)28(3,29-27(31)34)21-9-10-24-25(16-21)36-14-13-35-24/h4-10,15-16H,11-14,17H2,1-3H3,(H,29,34)/t28-/m1/s1. The molecule has 8 heteroatoms. The fraction of sp³-hybridized carbons (Fsp3) is 0.321. The normalized spacial score (nSPS) is 18.9. The molecule has 186 valence electrons. The minimum Gasteiger partial charge on any atom is -0.486 e. The van der Waals surface area contributed by atoms with Gasteiger partial charge in [-0.2, -0.15) is 0 Å². The minimum atomic E-state index is -1.31. The van der Waals surface area contributed by atoms with Crippen LogP contribution in [0.5, 0.6) is 11.5 Å². The lowest BCUT2D eigenvalue weighted by Gasteiger charge is -2.25. The third-order valence-corrected chi connectivity index (χ3v) is 7.04. The van der Waals surface area contributed by atoms with Gasteiger partial charge in [-0.15, -0.1) is 0 Å². The van der Waals surface area contributed by atoms with Crippen LogP contribution < -0.4 is 14.8 Å². The van der Waals surface area contributed by atoms with Crippen LogP contribution in [0, 0.1) is 13.8 Å². The van der Waals surface area contributed by atoms with Crippen molar-refractivity contribution in [1.82, 2.24) is 14.8 Å². The van der Waals surface area contributed by atoms with Crippen LogP contribution in [0.2, 0.25) is 0 Å². The Balaban J connectivity index is 1.32. The van der Waals surface area contributed by atoms with Gasteiger partial charge in [-0.1, -0.05) is 36.4 Å². The van der Waals surface area contributed by atoms with Gasteiger partial charge in [0, 0.05) is 23.5 Å². The van der Waals surface area contributed by atoms with Gasteiger partial charge in [0.25, 0.3) is 5.91 Å². The summed E-state index contributed by atoms with van der Waals surface area (Å²) in [7, 11) is 0. The van der Waals surface area contributed by atoms with E-state index in [2.05, 4.69) is 22.0 Å². The van der Waals surface area contributed by atoms with Gasteiger partial charge < -0.3 is 19.4 Å². The maximum Gasteiger partial charge on any atom is 0.325 e. The Kier molecular flexibility index (Phi) is 6.04. The maximum atomic E-state index is 13.4. The number of rotatable bonds is 7. The molecule has 3 heterocycles. The zero-order valence-corrected chi connectivity index (χ0v) is 20.7. The van der Waals surface area contributed by atoms with Crippen molar-refractivity contribution in [1.29, 1.82) is 0 Å². The number of urea groups is 1. The molecule has 36 heavy (non-hydrogen) atoms. The van der Waals surface area contributed by atoms with Gasteiger partial charge in [-0.3, -0.25) is 14.5 Å². The van der Waals surface area contributed by atoms with Crippen molar-refractivity contribution in [2.75, 3.05) is 19.8 Å². The number of hydrogen-bond acceptors (Lipinski definition) is 5. The number of imide groups is 1. The molecule has 3 amide bonds. The van der Waals surface area contributed by atoms with E-state index in [-0.39, 0.29) is 12.3 Å². The highest BCUT2D eigenvalue weighted by Crippen LogP contribution is 2.37. The average molecular weight is 488 g/mol. The summed E-state index contributed by atoms with van der Waals surface area (Å²) in [6.07, 6.45) is 0.839. The van der Waals surface area contributed by atoms with E-state index in [1.807, 2.05) is 38.1 Å². The van der Waals surface area contributed by atoms with E-state index < -0.39 is 17.5 Å². The second-order valence-electron chi connectivity index (χ2n) is 9.40. The van der Waals surface area contributed by atoms with Gasteiger partial charge >= 0.3 is 6.03 Å². The highest BCUT2D eigenvalue weighted by atomic mass is 16.6.